The summed E-state index contributed by atoms with van der Waals surface area (Å²) in [7, 11) is 0. The topological polar surface area (TPSA) is 30.8 Å². The first-order valence-electron chi connectivity index (χ1n) is 8.78. The standard InChI is InChI=1S/C20H16F7NO2/c1-11(13-8-14(19(22,23)24)10-15(9-13)20(25,26)27)30-18-17(28-6-7-29-18)12-2-4-16(21)5-3-12/h2-6,8-11,17-18H,7H2,1H3. The van der Waals surface area contributed by atoms with Crippen LogP contribution in [-0.4, -0.2) is 19.1 Å². The molecule has 3 unspecified atom stereocenters. The summed E-state index contributed by atoms with van der Waals surface area (Å²) < 4.78 is 103. The maximum atomic E-state index is 13.2. The number of ether oxygens (including phenoxy) is 2. The highest BCUT2D eigenvalue weighted by atomic mass is 19.4. The molecule has 0 radical (unpaired) electrons. The molecule has 3 atom stereocenters. The molecule has 3 nitrogen and oxygen atoms in total. The van der Waals surface area contributed by atoms with Gasteiger partial charge >= 0.3 is 12.4 Å². The van der Waals surface area contributed by atoms with E-state index in [-0.39, 0.29) is 18.2 Å². The summed E-state index contributed by atoms with van der Waals surface area (Å²) >= 11 is 0. The number of aliphatic imine (C=N–C) groups is 1. The molecule has 0 N–H and O–H groups in total. The third kappa shape index (κ3) is 5.17. The smallest absolute Gasteiger partial charge is 0.344 e. The minimum Gasteiger partial charge on any atom is -0.344 e. The van der Waals surface area contributed by atoms with E-state index >= 15 is 0 Å². The predicted molar refractivity (Wildman–Crippen MR) is 93.3 cm³/mol. The zero-order valence-corrected chi connectivity index (χ0v) is 15.5. The molecule has 162 valence electrons. The second kappa shape index (κ2) is 8.35. The fourth-order valence-corrected chi connectivity index (χ4v) is 2.97. The van der Waals surface area contributed by atoms with Crippen molar-refractivity contribution in [2.45, 2.75) is 37.7 Å². The Morgan fingerprint density at radius 3 is 2.07 bits per heavy atom. The molecule has 0 saturated heterocycles. The van der Waals surface area contributed by atoms with Gasteiger partial charge in [-0.2, -0.15) is 26.3 Å². The molecule has 1 heterocycles. The Hall–Kier alpha value is -2.46. The van der Waals surface area contributed by atoms with Crippen molar-refractivity contribution in [3.05, 3.63) is 70.5 Å². The molecule has 0 aliphatic carbocycles. The van der Waals surface area contributed by atoms with Gasteiger partial charge in [-0.3, -0.25) is 4.99 Å². The number of benzene rings is 2. The molecule has 0 saturated carbocycles. The summed E-state index contributed by atoms with van der Waals surface area (Å²) in [4.78, 5) is 4.21. The molecule has 1 aliphatic rings. The highest BCUT2D eigenvalue weighted by molar-refractivity contribution is 5.60. The number of nitrogens with zero attached hydrogens (tertiary/aromatic N) is 1. The van der Waals surface area contributed by atoms with E-state index in [1.54, 1.807) is 0 Å². The van der Waals surface area contributed by atoms with Crippen LogP contribution in [0.3, 0.4) is 0 Å². The van der Waals surface area contributed by atoms with Crippen molar-refractivity contribution in [3.63, 3.8) is 0 Å². The largest absolute Gasteiger partial charge is 0.416 e. The molecular formula is C20H16F7NO2. The Morgan fingerprint density at radius 1 is 0.967 bits per heavy atom. The van der Waals surface area contributed by atoms with E-state index in [4.69, 9.17) is 9.47 Å². The van der Waals surface area contributed by atoms with E-state index in [9.17, 15) is 30.7 Å². The molecule has 0 bridgehead atoms. The normalized spacial score (nSPS) is 20.9. The quantitative estimate of drug-likeness (QED) is 0.543. The molecule has 0 fully saturated rings. The van der Waals surface area contributed by atoms with E-state index < -0.39 is 47.7 Å². The maximum Gasteiger partial charge on any atom is 0.416 e. The highest BCUT2D eigenvalue weighted by Crippen LogP contribution is 2.39. The van der Waals surface area contributed by atoms with Gasteiger partial charge in [-0.25, -0.2) is 4.39 Å². The fraction of sp³-hybridized carbons (Fsp3) is 0.350. The number of alkyl halides is 6. The van der Waals surface area contributed by atoms with Gasteiger partial charge in [0, 0.05) is 6.21 Å². The first-order valence-corrected chi connectivity index (χ1v) is 8.78. The third-order valence-corrected chi connectivity index (χ3v) is 4.49. The Balaban J connectivity index is 1.89. The Kier molecular flexibility index (Phi) is 6.19. The summed E-state index contributed by atoms with van der Waals surface area (Å²) in [6, 6.07) is 5.80. The minimum atomic E-state index is -4.96. The van der Waals surface area contributed by atoms with Crippen LogP contribution in [0.5, 0.6) is 0 Å². The van der Waals surface area contributed by atoms with Crippen LogP contribution in [0, 0.1) is 5.82 Å². The van der Waals surface area contributed by atoms with Crippen molar-refractivity contribution >= 4 is 6.21 Å². The summed E-state index contributed by atoms with van der Waals surface area (Å²) in [5.74, 6) is -0.478. The van der Waals surface area contributed by atoms with Gasteiger partial charge in [-0.15, -0.1) is 0 Å². The summed E-state index contributed by atoms with van der Waals surface area (Å²) in [5.41, 5.74) is -2.65. The highest BCUT2D eigenvalue weighted by Gasteiger charge is 2.38. The lowest BCUT2D eigenvalue weighted by atomic mass is 10.0. The average molecular weight is 435 g/mol. The van der Waals surface area contributed by atoms with E-state index in [0.29, 0.717) is 17.7 Å². The second-order valence-corrected chi connectivity index (χ2v) is 6.65. The molecule has 0 spiro atoms. The van der Waals surface area contributed by atoms with Gasteiger partial charge in [0.05, 0.1) is 23.8 Å². The molecule has 30 heavy (non-hydrogen) atoms. The predicted octanol–water partition coefficient (Wildman–Crippen LogP) is 6.11. The maximum absolute atomic E-state index is 13.2. The summed E-state index contributed by atoms with van der Waals surface area (Å²) in [6.07, 6.45) is -10.7. The first-order chi connectivity index (χ1) is 13.9. The van der Waals surface area contributed by atoms with Crippen LogP contribution in [0.15, 0.2) is 47.5 Å². The third-order valence-electron chi connectivity index (χ3n) is 4.49. The van der Waals surface area contributed by atoms with E-state index in [2.05, 4.69) is 4.99 Å². The van der Waals surface area contributed by atoms with Gasteiger partial charge in [0.25, 0.3) is 0 Å². The van der Waals surface area contributed by atoms with Gasteiger partial charge < -0.3 is 9.47 Å². The molecule has 10 heteroatoms. The lowest BCUT2D eigenvalue weighted by Gasteiger charge is -2.30. The van der Waals surface area contributed by atoms with Crippen molar-refractivity contribution < 1.29 is 40.2 Å². The molecule has 0 amide bonds. The van der Waals surface area contributed by atoms with E-state index in [1.165, 1.54) is 37.4 Å². The van der Waals surface area contributed by atoms with Crippen LogP contribution in [0.2, 0.25) is 0 Å². The SMILES string of the molecule is CC(OC1OCC=NC1c1ccc(F)cc1)c1cc(C(F)(F)F)cc(C(F)(F)F)c1. The van der Waals surface area contributed by atoms with Crippen molar-refractivity contribution in [1.82, 2.24) is 0 Å². The zero-order valence-electron chi connectivity index (χ0n) is 15.5. The van der Waals surface area contributed by atoms with E-state index in [0.717, 1.165) is 0 Å². The lowest BCUT2D eigenvalue weighted by molar-refractivity contribution is -0.176. The summed E-state index contributed by atoms with van der Waals surface area (Å²) in [5, 5.41) is 0. The first kappa shape index (κ1) is 22.2. The number of hydrogen-bond donors (Lipinski definition) is 0. The van der Waals surface area contributed by atoms with Crippen LogP contribution in [0.4, 0.5) is 30.7 Å². The Morgan fingerprint density at radius 2 is 1.53 bits per heavy atom. The fourth-order valence-electron chi connectivity index (χ4n) is 2.97. The van der Waals surface area contributed by atoms with Crippen LogP contribution in [0.25, 0.3) is 0 Å². The van der Waals surface area contributed by atoms with Crippen LogP contribution in [0.1, 0.15) is 41.3 Å². The Labute approximate surface area is 167 Å². The van der Waals surface area contributed by atoms with Gasteiger partial charge in [-0.05, 0) is 48.4 Å². The van der Waals surface area contributed by atoms with Gasteiger partial charge in [0.2, 0.25) is 0 Å². The average Bonchev–Trinajstić information content (AvgIpc) is 2.67. The van der Waals surface area contributed by atoms with Crippen molar-refractivity contribution in [3.8, 4) is 0 Å². The molecule has 2 aromatic rings. The van der Waals surface area contributed by atoms with Crippen LogP contribution in [-0.2, 0) is 21.8 Å². The van der Waals surface area contributed by atoms with Crippen molar-refractivity contribution in [2.24, 2.45) is 4.99 Å². The summed E-state index contributed by atoms with van der Waals surface area (Å²) in [6.45, 7) is 1.37. The zero-order chi connectivity index (χ0) is 22.1. The molecular weight excluding hydrogens is 419 g/mol. The van der Waals surface area contributed by atoms with Gasteiger partial charge in [-0.1, -0.05) is 12.1 Å². The van der Waals surface area contributed by atoms with Crippen molar-refractivity contribution in [1.29, 1.82) is 0 Å². The molecule has 3 rings (SSSR count). The van der Waals surface area contributed by atoms with Crippen molar-refractivity contribution in [2.75, 3.05) is 6.61 Å². The monoisotopic (exact) mass is 435 g/mol. The number of rotatable bonds is 4. The van der Waals surface area contributed by atoms with E-state index in [1.807, 2.05) is 0 Å². The Bertz CT molecular complexity index is 875. The lowest BCUT2D eigenvalue weighted by Crippen LogP contribution is -2.30. The van der Waals surface area contributed by atoms with Gasteiger partial charge in [0.1, 0.15) is 11.9 Å². The van der Waals surface area contributed by atoms with Gasteiger partial charge in [0.15, 0.2) is 6.29 Å². The molecule has 0 aromatic heterocycles. The van der Waals surface area contributed by atoms with Crippen LogP contribution >= 0.6 is 0 Å². The second-order valence-electron chi connectivity index (χ2n) is 6.65. The molecule has 1 aliphatic heterocycles. The van der Waals surface area contributed by atoms with Crippen LogP contribution < -0.4 is 0 Å². The number of hydrogen-bond acceptors (Lipinski definition) is 3. The number of halogens is 7. The molecule has 2 aromatic carbocycles. The minimum absolute atomic E-state index is 0.0471.